The first-order valence-electron chi connectivity index (χ1n) is 9.64. The molecule has 176 valence electrons. The van der Waals surface area contributed by atoms with Gasteiger partial charge >= 0.3 is 0 Å². The van der Waals surface area contributed by atoms with E-state index in [1.165, 1.54) is 6.92 Å². The second-order valence-electron chi connectivity index (χ2n) is 7.59. The number of phenols is 5. The Hall–Kier alpha value is -3.71. The van der Waals surface area contributed by atoms with Crippen LogP contribution in [0.15, 0.2) is 33.5 Å². The molecule has 0 aliphatic carbocycles. The van der Waals surface area contributed by atoms with Gasteiger partial charge in [0.15, 0.2) is 23.0 Å². The zero-order valence-corrected chi connectivity index (χ0v) is 16.9. The fourth-order valence-electron chi connectivity index (χ4n) is 3.53. The quantitative estimate of drug-likeness (QED) is 0.244. The number of phenolic OH excluding ortho intramolecular Hbond substituents is 5. The van der Waals surface area contributed by atoms with Crippen molar-refractivity contribution in [2.45, 2.75) is 37.6 Å². The van der Waals surface area contributed by atoms with E-state index in [1.807, 2.05) is 0 Å². The summed E-state index contributed by atoms with van der Waals surface area (Å²) in [6.45, 7) is 1.39. The van der Waals surface area contributed by atoms with Crippen molar-refractivity contribution in [2.24, 2.45) is 0 Å². The summed E-state index contributed by atoms with van der Waals surface area (Å²) in [5.74, 6) is -4.55. The molecule has 1 aromatic heterocycles. The first-order chi connectivity index (χ1) is 15.5. The zero-order chi connectivity index (χ0) is 24.2. The molecule has 2 aromatic carbocycles. The van der Waals surface area contributed by atoms with E-state index in [4.69, 9.17) is 13.9 Å². The van der Waals surface area contributed by atoms with E-state index in [1.54, 1.807) is 0 Å². The Bertz CT molecular complexity index is 1260. The summed E-state index contributed by atoms with van der Waals surface area (Å²) in [5.41, 5.74) is -1.45. The molecule has 1 aliphatic heterocycles. The van der Waals surface area contributed by atoms with Crippen molar-refractivity contribution in [3.8, 4) is 45.8 Å². The van der Waals surface area contributed by atoms with Crippen molar-refractivity contribution in [3.63, 3.8) is 0 Å². The van der Waals surface area contributed by atoms with Gasteiger partial charge in [-0.25, -0.2) is 0 Å². The Morgan fingerprint density at radius 2 is 1.48 bits per heavy atom. The first kappa shape index (κ1) is 22.5. The molecule has 8 N–H and O–H groups in total. The highest BCUT2D eigenvalue weighted by atomic mass is 16.7. The molecule has 12 nitrogen and oxygen atoms in total. The summed E-state index contributed by atoms with van der Waals surface area (Å²) >= 11 is 0. The lowest BCUT2D eigenvalue weighted by Crippen LogP contribution is -2.58. The minimum atomic E-state index is -1.80. The van der Waals surface area contributed by atoms with E-state index in [0.717, 1.165) is 24.3 Å². The van der Waals surface area contributed by atoms with Gasteiger partial charge in [-0.3, -0.25) is 4.79 Å². The summed E-state index contributed by atoms with van der Waals surface area (Å²) in [7, 11) is 0. The SMILES string of the molecule is C[C@@H]1OC(Oc2c(-c3cc(O)c(O)c(O)c3)oc3cc(O)cc(O)c3c2=O)[C@H](O)C(O)C1O. The molecule has 2 heterocycles. The maximum atomic E-state index is 13.2. The lowest BCUT2D eigenvalue weighted by Gasteiger charge is -2.38. The zero-order valence-electron chi connectivity index (χ0n) is 16.9. The Morgan fingerprint density at radius 1 is 0.848 bits per heavy atom. The molecule has 0 bridgehead atoms. The molecule has 3 aromatic rings. The topological polar surface area (TPSA) is 211 Å². The molecule has 4 rings (SSSR count). The van der Waals surface area contributed by atoms with Gasteiger partial charge < -0.3 is 54.7 Å². The Morgan fingerprint density at radius 3 is 2.12 bits per heavy atom. The highest BCUT2D eigenvalue weighted by molar-refractivity contribution is 5.88. The summed E-state index contributed by atoms with van der Waals surface area (Å²) in [6, 6.07) is 3.79. The van der Waals surface area contributed by atoms with Crippen LogP contribution >= 0.6 is 0 Å². The van der Waals surface area contributed by atoms with Crippen LogP contribution in [0.3, 0.4) is 0 Å². The normalized spacial score (nSPS) is 25.3. The standard InChI is InChI=1S/C21H20O12/c1-6-14(26)17(29)18(30)21(31-6)33-20-16(28)13-9(23)4-8(22)5-12(13)32-19(20)7-2-10(24)15(27)11(25)3-7/h2-6,14,17-18,21-27,29-30H,1H3/t6-,14?,17?,18+,21?/m0/s1. The number of benzene rings is 2. The van der Waals surface area contributed by atoms with E-state index < -0.39 is 81.8 Å². The molecule has 0 radical (unpaired) electrons. The summed E-state index contributed by atoms with van der Waals surface area (Å²) in [5, 5.41) is 79.1. The number of hydrogen-bond donors (Lipinski definition) is 8. The van der Waals surface area contributed by atoms with E-state index in [-0.39, 0.29) is 11.1 Å². The molecule has 1 aliphatic rings. The second kappa shape index (κ2) is 8.01. The highest BCUT2D eigenvalue weighted by Crippen LogP contribution is 2.43. The van der Waals surface area contributed by atoms with Gasteiger partial charge in [0.2, 0.25) is 17.5 Å². The molecule has 1 saturated heterocycles. The number of aliphatic hydroxyl groups is 3. The number of hydrogen-bond acceptors (Lipinski definition) is 12. The lowest BCUT2D eigenvalue weighted by atomic mass is 10.00. The molecule has 12 heteroatoms. The number of aromatic hydroxyl groups is 5. The predicted octanol–water partition coefficient (Wildman–Crippen LogP) is 0.194. The van der Waals surface area contributed by atoms with E-state index >= 15 is 0 Å². The monoisotopic (exact) mass is 464 g/mol. The van der Waals surface area contributed by atoms with Gasteiger partial charge in [0, 0.05) is 17.7 Å². The van der Waals surface area contributed by atoms with Gasteiger partial charge in [0.25, 0.3) is 0 Å². The van der Waals surface area contributed by atoms with Crippen molar-refractivity contribution >= 4 is 11.0 Å². The highest BCUT2D eigenvalue weighted by Gasteiger charge is 2.44. The number of aliphatic hydroxyl groups excluding tert-OH is 3. The molecule has 1 fully saturated rings. The van der Waals surface area contributed by atoms with Gasteiger partial charge in [-0.05, 0) is 19.1 Å². The van der Waals surface area contributed by atoms with Crippen LogP contribution in [0.25, 0.3) is 22.3 Å². The van der Waals surface area contributed by atoms with E-state index in [0.29, 0.717) is 0 Å². The van der Waals surface area contributed by atoms with Crippen LogP contribution in [-0.4, -0.2) is 71.6 Å². The van der Waals surface area contributed by atoms with Gasteiger partial charge in [-0.2, -0.15) is 0 Å². The Balaban J connectivity index is 1.95. The predicted molar refractivity (Wildman–Crippen MR) is 109 cm³/mol. The maximum absolute atomic E-state index is 13.2. The molecule has 33 heavy (non-hydrogen) atoms. The van der Waals surface area contributed by atoms with Gasteiger partial charge in [-0.15, -0.1) is 0 Å². The molecule has 0 spiro atoms. The van der Waals surface area contributed by atoms with Crippen molar-refractivity contribution in [2.75, 3.05) is 0 Å². The van der Waals surface area contributed by atoms with Crippen LogP contribution < -0.4 is 10.2 Å². The third-order valence-electron chi connectivity index (χ3n) is 5.29. The smallest absolute Gasteiger partial charge is 0.239 e. The van der Waals surface area contributed by atoms with Gasteiger partial charge in [0.1, 0.15) is 40.8 Å². The van der Waals surface area contributed by atoms with Crippen molar-refractivity contribution in [1.82, 2.24) is 0 Å². The van der Waals surface area contributed by atoms with Crippen LogP contribution in [0.4, 0.5) is 0 Å². The van der Waals surface area contributed by atoms with Crippen LogP contribution in [0, 0.1) is 0 Å². The first-order valence-corrected chi connectivity index (χ1v) is 9.64. The Labute approximate surface area is 184 Å². The largest absolute Gasteiger partial charge is 0.508 e. The van der Waals surface area contributed by atoms with Crippen LogP contribution in [0.2, 0.25) is 0 Å². The van der Waals surface area contributed by atoms with Crippen molar-refractivity contribution in [3.05, 3.63) is 34.5 Å². The maximum Gasteiger partial charge on any atom is 0.239 e. The summed E-state index contributed by atoms with van der Waals surface area (Å²) in [6.07, 6.45) is -7.59. The molecule has 0 saturated carbocycles. The fourth-order valence-corrected chi connectivity index (χ4v) is 3.53. The fraction of sp³-hybridized carbons (Fsp3) is 0.286. The molecule has 3 unspecified atom stereocenters. The Kier molecular flexibility index (Phi) is 5.46. The molecule has 0 amide bonds. The average molecular weight is 464 g/mol. The summed E-state index contributed by atoms with van der Waals surface area (Å²) in [4.78, 5) is 13.2. The van der Waals surface area contributed by atoms with Crippen molar-refractivity contribution in [1.29, 1.82) is 0 Å². The minimum absolute atomic E-state index is 0.168. The molecular formula is C21H20O12. The van der Waals surface area contributed by atoms with Crippen molar-refractivity contribution < 1.29 is 54.7 Å². The van der Waals surface area contributed by atoms with E-state index in [9.17, 15) is 45.6 Å². The second-order valence-corrected chi connectivity index (χ2v) is 7.59. The lowest BCUT2D eigenvalue weighted by molar-refractivity contribution is -0.268. The van der Waals surface area contributed by atoms with Crippen LogP contribution in [-0.2, 0) is 4.74 Å². The number of rotatable bonds is 3. The number of fused-ring (bicyclic) bond motifs is 1. The number of ether oxygens (including phenoxy) is 2. The van der Waals surface area contributed by atoms with Crippen LogP contribution in [0.5, 0.6) is 34.5 Å². The van der Waals surface area contributed by atoms with Gasteiger partial charge in [-0.1, -0.05) is 0 Å². The third-order valence-corrected chi connectivity index (χ3v) is 5.29. The average Bonchev–Trinajstić information content (AvgIpc) is 2.74. The van der Waals surface area contributed by atoms with Gasteiger partial charge in [0.05, 0.1) is 6.10 Å². The minimum Gasteiger partial charge on any atom is -0.508 e. The van der Waals surface area contributed by atoms with Crippen LogP contribution in [0.1, 0.15) is 6.92 Å². The molecular weight excluding hydrogens is 444 g/mol. The third kappa shape index (κ3) is 3.74. The summed E-state index contributed by atoms with van der Waals surface area (Å²) < 4.78 is 16.5. The van der Waals surface area contributed by atoms with E-state index in [2.05, 4.69) is 0 Å². The molecule has 5 atom stereocenters.